The Kier molecular flexibility index (Phi) is 4.67. The number of likely N-dealkylation sites (tertiary alicyclic amines) is 1. The molecule has 0 aliphatic carbocycles. The Bertz CT molecular complexity index is 1120. The second-order valence-electron chi connectivity index (χ2n) is 7.95. The summed E-state index contributed by atoms with van der Waals surface area (Å²) < 4.78 is 1.09. The number of carbonyl (C=O) groups excluding carboxylic acids is 1. The molecule has 7 nitrogen and oxygen atoms in total. The van der Waals surface area contributed by atoms with E-state index in [1.54, 1.807) is 21.1 Å². The van der Waals surface area contributed by atoms with E-state index < -0.39 is 5.97 Å². The van der Waals surface area contributed by atoms with Gasteiger partial charge >= 0.3 is 12.0 Å². The molecule has 0 bridgehead atoms. The second-order valence-corrected chi connectivity index (χ2v) is 8.96. The molecule has 0 unspecified atom stereocenters. The third-order valence-electron chi connectivity index (χ3n) is 5.73. The molecular formula is C22H22N4O3S. The minimum atomic E-state index is -0.720. The predicted octanol–water partition coefficient (Wildman–Crippen LogP) is 3.57. The van der Waals surface area contributed by atoms with Crippen LogP contribution in [0.5, 0.6) is 0 Å². The van der Waals surface area contributed by atoms with E-state index in [0.717, 1.165) is 38.7 Å². The summed E-state index contributed by atoms with van der Waals surface area (Å²) in [6.45, 7) is 5.20. The Hall–Kier alpha value is -2.97. The normalized spacial score (nSPS) is 17.7. The molecule has 0 atom stereocenters. The van der Waals surface area contributed by atoms with Crippen molar-refractivity contribution in [2.75, 3.05) is 36.0 Å². The monoisotopic (exact) mass is 422 g/mol. The maximum absolute atomic E-state index is 13.0. The van der Waals surface area contributed by atoms with Crippen LogP contribution in [0.4, 0.5) is 15.6 Å². The van der Waals surface area contributed by atoms with Gasteiger partial charge in [0.25, 0.3) is 0 Å². The Labute approximate surface area is 178 Å². The van der Waals surface area contributed by atoms with Crippen molar-refractivity contribution < 1.29 is 14.7 Å². The van der Waals surface area contributed by atoms with Gasteiger partial charge in [-0.25, -0.2) is 9.78 Å². The first-order valence-corrected chi connectivity index (χ1v) is 10.8. The van der Waals surface area contributed by atoms with Gasteiger partial charge in [0.1, 0.15) is 0 Å². The van der Waals surface area contributed by atoms with Crippen LogP contribution in [0.2, 0.25) is 0 Å². The van der Waals surface area contributed by atoms with Gasteiger partial charge in [-0.1, -0.05) is 29.5 Å². The Morgan fingerprint density at radius 1 is 1.13 bits per heavy atom. The molecule has 8 heteroatoms. The number of hydrogen-bond acceptors (Lipinski definition) is 5. The summed E-state index contributed by atoms with van der Waals surface area (Å²) in [4.78, 5) is 34.3. The fourth-order valence-electron chi connectivity index (χ4n) is 3.99. The van der Waals surface area contributed by atoms with E-state index in [9.17, 15) is 9.59 Å². The molecule has 0 spiro atoms. The number of carbonyl (C=O) groups is 2. The number of thiazole rings is 1. The number of aromatic nitrogens is 1. The zero-order valence-electron chi connectivity index (χ0n) is 16.6. The number of fused-ring (bicyclic) bond motifs is 1. The van der Waals surface area contributed by atoms with E-state index in [1.165, 1.54) is 0 Å². The summed E-state index contributed by atoms with van der Waals surface area (Å²) >= 11 is 1.54. The van der Waals surface area contributed by atoms with Gasteiger partial charge in [0, 0.05) is 38.4 Å². The van der Waals surface area contributed by atoms with Crippen LogP contribution in [0.1, 0.15) is 11.1 Å². The molecule has 2 saturated heterocycles. The first-order valence-electron chi connectivity index (χ1n) is 9.98. The maximum Gasteiger partial charge on any atom is 0.330 e. The number of carboxylic acid groups (broad SMARTS) is 1. The number of carboxylic acids is 1. The first-order chi connectivity index (χ1) is 14.5. The molecule has 3 heterocycles. The largest absolute Gasteiger partial charge is 0.481 e. The highest BCUT2D eigenvalue weighted by molar-refractivity contribution is 7.22. The molecule has 2 aliphatic heterocycles. The maximum atomic E-state index is 13.0. The molecule has 3 aromatic rings. The lowest BCUT2D eigenvalue weighted by Crippen LogP contribution is -2.49. The van der Waals surface area contributed by atoms with E-state index in [-0.39, 0.29) is 11.9 Å². The SMILES string of the molecule is Cc1ccc2sc(N3CCN(c4ccc(CN5CC(C(=O)O)C5)cc4)C3=O)nc2c1. The summed E-state index contributed by atoms with van der Waals surface area (Å²) in [6.07, 6.45) is 0. The number of aryl methyl sites for hydroxylation is 1. The van der Waals surface area contributed by atoms with Crippen molar-refractivity contribution in [1.82, 2.24) is 9.88 Å². The summed E-state index contributed by atoms with van der Waals surface area (Å²) in [7, 11) is 0. The van der Waals surface area contributed by atoms with Gasteiger partial charge in [0.05, 0.1) is 16.1 Å². The Balaban J connectivity index is 1.26. The molecule has 154 valence electrons. The predicted molar refractivity (Wildman–Crippen MR) is 117 cm³/mol. The molecule has 2 aliphatic rings. The molecule has 0 saturated carbocycles. The van der Waals surface area contributed by atoms with Gasteiger partial charge in [-0.05, 0) is 42.3 Å². The van der Waals surface area contributed by atoms with Crippen LogP contribution in [0.3, 0.4) is 0 Å². The highest BCUT2D eigenvalue weighted by atomic mass is 32.1. The quantitative estimate of drug-likeness (QED) is 0.680. The van der Waals surface area contributed by atoms with Crippen molar-refractivity contribution in [3.8, 4) is 0 Å². The van der Waals surface area contributed by atoms with Crippen LogP contribution in [-0.4, -0.2) is 53.2 Å². The molecule has 5 rings (SSSR count). The van der Waals surface area contributed by atoms with E-state index in [4.69, 9.17) is 5.11 Å². The van der Waals surface area contributed by atoms with Crippen LogP contribution in [0, 0.1) is 12.8 Å². The summed E-state index contributed by atoms with van der Waals surface area (Å²) in [5, 5.41) is 9.73. The van der Waals surface area contributed by atoms with Crippen molar-refractivity contribution in [3.05, 3.63) is 53.6 Å². The number of benzene rings is 2. The second kappa shape index (κ2) is 7.37. The number of rotatable bonds is 5. The fraction of sp³-hybridized carbons (Fsp3) is 0.318. The van der Waals surface area contributed by atoms with E-state index in [1.807, 2.05) is 37.3 Å². The highest BCUT2D eigenvalue weighted by Crippen LogP contribution is 2.32. The molecule has 30 heavy (non-hydrogen) atoms. The lowest BCUT2D eigenvalue weighted by atomic mass is 9.99. The smallest absolute Gasteiger partial charge is 0.330 e. The summed E-state index contributed by atoms with van der Waals surface area (Å²) in [5.74, 6) is -0.967. The van der Waals surface area contributed by atoms with Crippen LogP contribution in [0.25, 0.3) is 10.2 Å². The molecule has 2 amide bonds. The minimum absolute atomic E-state index is 0.0504. The summed E-state index contributed by atoms with van der Waals surface area (Å²) in [6, 6.07) is 14.1. The van der Waals surface area contributed by atoms with Crippen LogP contribution in [0.15, 0.2) is 42.5 Å². The van der Waals surface area contributed by atoms with Crippen molar-refractivity contribution in [3.63, 3.8) is 0 Å². The first kappa shape index (κ1) is 19.0. The summed E-state index contributed by atoms with van der Waals surface area (Å²) in [5.41, 5.74) is 4.08. The average molecular weight is 423 g/mol. The molecule has 1 aromatic heterocycles. The minimum Gasteiger partial charge on any atom is -0.481 e. The van der Waals surface area contributed by atoms with Gasteiger partial charge in [-0.15, -0.1) is 0 Å². The topological polar surface area (TPSA) is 77.0 Å². The Morgan fingerprint density at radius 3 is 2.60 bits per heavy atom. The van der Waals surface area contributed by atoms with Crippen molar-refractivity contribution in [2.24, 2.45) is 5.92 Å². The average Bonchev–Trinajstić information content (AvgIpc) is 3.27. The standard InChI is InChI=1S/C22H22N4O3S/c1-14-2-7-19-18(10-14)23-21(30-19)26-9-8-25(22(26)29)17-5-3-15(4-6-17)11-24-12-16(13-24)20(27)28/h2-7,10,16H,8-9,11-13H2,1H3,(H,27,28). The molecule has 2 fully saturated rings. The van der Waals surface area contributed by atoms with Crippen molar-refractivity contribution in [2.45, 2.75) is 13.5 Å². The van der Waals surface area contributed by atoms with Crippen LogP contribution in [-0.2, 0) is 11.3 Å². The number of hydrogen-bond donors (Lipinski definition) is 1. The van der Waals surface area contributed by atoms with Crippen molar-refractivity contribution in [1.29, 1.82) is 0 Å². The number of amides is 2. The molecule has 1 N–H and O–H groups in total. The third kappa shape index (κ3) is 3.42. The van der Waals surface area contributed by atoms with Gasteiger partial charge in [0.15, 0.2) is 5.13 Å². The van der Waals surface area contributed by atoms with Crippen molar-refractivity contribution >= 4 is 44.4 Å². The molecule has 2 aromatic carbocycles. The third-order valence-corrected chi connectivity index (χ3v) is 6.79. The lowest BCUT2D eigenvalue weighted by molar-refractivity contribution is -0.147. The van der Waals surface area contributed by atoms with Crippen LogP contribution >= 0.6 is 11.3 Å². The van der Waals surface area contributed by atoms with Gasteiger partial charge in [-0.3, -0.25) is 19.5 Å². The van der Waals surface area contributed by atoms with E-state index in [2.05, 4.69) is 22.0 Å². The number of nitrogens with zero attached hydrogens (tertiary/aromatic N) is 4. The fourth-order valence-corrected chi connectivity index (χ4v) is 4.95. The number of aliphatic carboxylic acids is 1. The lowest BCUT2D eigenvalue weighted by Gasteiger charge is -2.36. The van der Waals surface area contributed by atoms with Crippen LogP contribution < -0.4 is 9.80 Å². The van der Waals surface area contributed by atoms with Gasteiger partial charge in [-0.2, -0.15) is 0 Å². The van der Waals surface area contributed by atoms with E-state index in [0.29, 0.717) is 26.2 Å². The van der Waals surface area contributed by atoms with E-state index >= 15 is 0 Å². The van der Waals surface area contributed by atoms with Gasteiger partial charge in [0.2, 0.25) is 0 Å². The van der Waals surface area contributed by atoms with Gasteiger partial charge < -0.3 is 5.11 Å². The zero-order chi connectivity index (χ0) is 20.8. The molecular weight excluding hydrogens is 400 g/mol. The Morgan fingerprint density at radius 2 is 1.87 bits per heavy atom. The zero-order valence-corrected chi connectivity index (χ0v) is 17.4. The number of anilines is 2. The molecule has 0 radical (unpaired) electrons. The highest BCUT2D eigenvalue weighted by Gasteiger charge is 2.33. The number of urea groups is 1.